The Morgan fingerprint density at radius 2 is 1.78 bits per heavy atom. The molecule has 0 spiro atoms. The smallest absolute Gasteiger partial charge is 0.223 e. The fourth-order valence-electron chi connectivity index (χ4n) is 2.39. The van der Waals surface area contributed by atoms with E-state index in [9.17, 15) is 8.42 Å². The lowest BCUT2D eigenvalue weighted by Crippen LogP contribution is -2.42. The van der Waals surface area contributed by atoms with Crippen LogP contribution in [0.1, 0.15) is 32.4 Å². The Bertz CT molecular complexity index is 709. The lowest BCUT2D eigenvalue weighted by Gasteiger charge is -2.30. The summed E-state index contributed by atoms with van der Waals surface area (Å²) in [6.07, 6.45) is 3.09. The van der Waals surface area contributed by atoms with Gasteiger partial charge in [-0.1, -0.05) is 26.0 Å². The quantitative estimate of drug-likeness (QED) is 0.773. The minimum atomic E-state index is -3.46. The van der Waals surface area contributed by atoms with Crippen molar-refractivity contribution in [2.24, 2.45) is 0 Å². The van der Waals surface area contributed by atoms with Gasteiger partial charge in [0.1, 0.15) is 12.7 Å². The van der Waals surface area contributed by atoms with Crippen LogP contribution in [0.5, 0.6) is 0 Å². The average Bonchev–Trinajstić information content (AvgIpc) is 3.09. The van der Waals surface area contributed by atoms with Gasteiger partial charge in [-0.2, -0.15) is 22.1 Å². The van der Waals surface area contributed by atoms with Gasteiger partial charge in [0.15, 0.2) is 0 Å². The maximum Gasteiger partial charge on any atom is 0.282 e. The summed E-state index contributed by atoms with van der Waals surface area (Å²) in [6.45, 7) is 6.48. The molecule has 0 unspecified atom stereocenters. The Balaban J connectivity index is 2.21. The number of benzene rings is 1. The van der Waals surface area contributed by atoms with Crippen LogP contribution in [0.25, 0.3) is 5.69 Å². The molecule has 23 heavy (non-hydrogen) atoms. The lowest BCUT2D eigenvalue weighted by molar-refractivity contribution is 0.340. The molecule has 0 bridgehead atoms. The third kappa shape index (κ3) is 3.60. The van der Waals surface area contributed by atoms with Crippen molar-refractivity contribution in [3.8, 4) is 5.69 Å². The highest BCUT2D eigenvalue weighted by Crippen LogP contribution is 2.24. The van der Waals surface area contributed by atoms with E-state index in [0.717, 1.165) is 11.3 Å². The van der Waals surface area contributed by atoms with Crippen molar-refractivity contribution >= 4 is 10.2 Å². The van der Waals surface area contributed by atoms with E-state index in [1.807, 2.05) is 45.0 Å². The Kier molecular flexibility index (Phi) is 5.51. The molecule has 1 heterocycles. The average molecular weight is 337 g/mol. The number of aromatic nitrogens is 3. The van der Waals surface area contributed by atoms with E-state index in [1.165, 1.54) is 14.9 Å². The maximum absolute atomic E-state index is 12.6. The van der Waals surface area contributed by atoms with Crippen LogP contribution in [0.2, 0.25) is 0 Å². The highest BCUT2D eigenvalue weighted by atomic mass is 32.2. The summed E-state index contributed by atoms with van der Waals surface area (Å²) in [6, 6.07) is 7.37. The molecule has 126 valence electrons. The van der Waals surface area contributed by atoms with Crippen LogP contribution >= 0.6 is 0 Å². The molecule has 0 saturated carbocycles. The molecule has 1 aromatic carbocycles. The highest BCUT2D eigenvalue weighted by Gasteiger charge is 2.28. The fourth-order valence-corrected chi connectivity index (χ4v) is 3.93. The molecule has 2 rings (SSSR count). The molecule has 0 amide bonds. The van der Waals surface area contributed by atoms with Gasteiger partial charge in [0.05, 0.1) is 5.69 Å². The van der Waals surface area contributed by atoms with Crippen molar-refractivity contribution in [1.29, 1.82) is 0 Å². The minimum absolute atomic E-state index is 0.259. The topological polar surface area (TPSA) is 71.3 Å². The standard InChI is InChI=1S/C15H23N5O2S/c1-5-19(6-2)23(21,22)18(4)13(3)14-7-9-15(10-8-14)20-12-16-11-17-20/h7-13H,5-6H2,1-4H3/t13-/m1/s1. The van der Waals surface area contributed by atoms with E-state index in [2.05, 4.69) is 10.1 Å². The largest absolute Gasteiger partial charge is 0.282 e. The van der Waals surface area contributed by atoms with Crippen LogP contribution in [0.4, 0.5) is 0 Å². The van der Waals surface area contributed by atoms with Crippen molar-refractivity contribution < 1.29 is 8.42 Å². The first-order valence-corrected chi connectivity index (χ1v) is 8.99. The van der Waals surface area contributed by atoms with Gasteiger partial charge in [0.2, 0.25) is 0 Å². The van der Waals surface area contributed by atoms with Crippen LogP contribution in [0.3, 0.4) is 0 Å². The second-order valence-electron chi connectivity index (χ2n) is 5.22. The van der Waals surface area contributed by atoms with Crippen molar-refractivity contribution in [2.75, 3.05) is 20.1 Å². The van der Waals surface area contributed by atoms with Crippen molar-refractivity contribution in [1.82, 2.24) is 23.4 Å². The second-order valence-corrected chi connectivity index (χ2v) is 7.20. The van der Waals surface area contributed by atoms with Gasteiger partial charge in [0.25, 0.3) is 10.2 Å². The molecular formula is C15H23N5O2S. The first-order chi connectivity index (χ1) is 10.9. The molecule has 0 radical (unpaired) electrons. The molecule has 0 N–H and O–H groups in total. The van der Waals surface area contributed by atoms with Crippen molar-refractivity contribution in [3.63, 3.8) is 0 Å². The monoisotopic (exact) mass is 337 g/mol. The van der Waals surface area contributed by atoms with Gasteiger partial charge < -0.3 is 0 Å². The second kappa shape index (κ2) is 7.20. The number of hydrogen-bond acceptors (Lipinski definition) is 4. The lowest BCUT2D eigenvalue weighted by atomic mass is 10.1. The van der Waals surface area contributed by atoms with E-state index < -0.39 is 10.2 Å². The van der Waals surface area contributed by atoms with Crippen LogP contribution in [0.15, 0.2) is 36.9 Å². The molecule has 1 atom stereocenters. The molecule has 1 aromatic heterocycles. The molecule has 0 saturated heterocycles. The third-order valence-corrected chi connectivity index (χ3v) is 6.21. The van der Waals surface area contributed by atoms with E-state index in [1.54, 1.807) is 18.1 Å². The summed E-state index contributed by atoms with van der Waals surface area (Å²) >= 11 is 0. The van der Waals surface area contributed by atoms with E-state index in [-0.39, 0.29) is 6.04 Å². The first-order valence-electron chi connectivity index (χ1n) is 7.59. The van der Waals surface area contributed by atoms with Crippen LogP contribution in [-0.2, 0) is 10.2 Å². The van der Waals surface area contributed by atoms with Gasteiger partial charge in [0, 0.05) is 26.2 Å². The Morgan fingerprint density at radius 1 is 1.17 bits per heavy atom. The number of hydrogen-bond donors (Lipinski definition) is 0. The zero-order valence-electron chi connectivity index (χ0n) is 13.9. The Labute approximate surface area is 137 Å². The molecule has 0 aliphatic heterocycles. The maximum atomic E-state index is 12.6. The zero-order valence-corrected chi connectivity index (χ0v) is 14.7. The number of nitrogens with zero attached hydrogens (tertiary/aromatic N) is 5. The van der Waals surface area contributed by atoms with Crippen LogP contribution < -0.4 is 0 Å². The number of rotatable bonds is 7. The SMILES string of the molecule is CCN(CC)S(=O)(=O)N(C)[C@H](C)c1ccc(-n2cncn2)cc1. The van der Waals surface area contributed by atoms with Crippen molar-refractivity contribution in [2.45, 2.75) is 26.8 Å². The fraction of sp³-hybridized carbons (Fsp3) is 0.467. The summed E-state index contributed by atoms with van der Waals surface area (Å²) in [5.74, 6) is 0. The van der Waals surface area contributed by atoms with E-state index in [0.29, 0.717) is 13.1 Å². The molecule has 7 nitrogen and oxygen atoms in total. The summed E-state index contributed by atoms with van der Waals surface area (Å²) in [5, 5.41) is 4.07. The van der Waals surface area contributed by atoms with E-state index >= 15 is 0 Å². The minimum Gasteiger partial charge on any atom is -0.223 e. The van der Waals surface area contributed by atoms with Crippen LogP contribution in [0, 0.1) is 0 Å². The first kappa shape index (κ1) is 17.6. The predicted molar refractivity (Wildman–Crippen MR) is 89.4 cm³/mol. The Hall–Kier alpha value is -1.77. The Morgan fingerprint density at radius 3 is 2.26 bits per heavy atom. The van der Waals surface area contributed by atoms with E-state index in [4.69, 9.17) is 0 Å². The van der Waals surface area contributed by atoms with Gasteiger partial charge >= 0.3 is 0 Å². The van der Waals surface area contributed by atoms with Crippen LogP contribution in [-0.4, -0.2) is 51.9 Å². The summed E-state index contributed by atoms with van der Waals surface area (Å²) < 4.78 is 29.7. The van der Waals surface area contributed by atoms with Gasteiger partial charge in [-0.15, -0.1) is 0 Å². The van der Waals surface area contributed by atoms with Crippen molar-refractivity contribution in [3.05, 3.63) is 42.5 Å². The van der Waals surface area contributed by atoms with Gasteiger partial charge in [-0.3, -0.25) is 0 Å². The normalized spacial score (nSPS) is 13.7. The van der Waals surface area contributed by atoms with Gasteiger partial charge in [-0.25, -0.2) is 9.67 Å². The third-order valence-electron chi connectivity index (χ3n) is 4.00. The molecule has 0 fully saturated rings. The summed E-state index contributed by atoms with van der Waals surface area (Å²) in [4.78, 5) is 3.91. The highest BCUT2D eigenvalue weighted by molar-refractivity contribution is 7.86. The molecule has 8 heteroatoms. The predicted octanol–water partition coefficient (Wildman–Crippen LogP) is 1.85. The summed E-state index contributed by atoms with van der Waals surface area (Å²) in [7, 11) is -1.85. The molecule has 0 aliphatic carbocycles. The molecule has 0 aliphatic rings. The zero-order chi connectivity index (χ0) is 17.0. The van der Waals surface area contributed by atoms with Gasteiger partial charge in [-0.05, 0) is 24.6 Å². The molecular weight excluding hydrogens is 314 g/mol. The molecule has 2 aromatic rings. The summed E-state index contributed by atoms with van der Waals surface area (Å²) in [5.41, 5.74) is 1.81.